The van der Waals surface area contributed by atoms with Gasteiger partial charge in [0.2, 0.25) is 0 Å². The Labute approximate surface area is 364 Å². The van der Waals surface area contributed by atoms with Crippen molar-refractivity contribution < 1.29 is 0 Å². The van der Waals surface area contributed by atoms with Gasteiger partial charge in [-0.2, -0.15) is 0 Å². The van der Waals surface area contributed by atoms with Crippen LogP contribution >= 0.6 is 22.7 Å². The van der Waals surface area contributed by atoms with Gasteiger partial charge in [-0.15, -0.1) is 22.7 Å². The molecule has 1 saturated heterocycles. The van der Waals surface area contributed by atoms with Gasteiger partial charge in [-0.3, -0.25) is 0 Å². The maximum atomic E-state index is 3.58. The van der Waals surface area contributed by atoms with Crippen molar-refractivity contribution >= 4 is 63.0 Å². The highest BCUT2D eigenvalue weighted by Gasteiger charge is 2.24. The summed E-state index contributed by atoms with van der Waals surface area (Å²) in [6.45, 7) is 5.45. The molecule has 3 heteroatoms. The van der Waals surface area contributed by atoms with Gasteiger partial charge in [0.15, 0.2) is 0 Å². The molecule has 0 saturated carbocycles. The fourth-order valence-electron chi connectivity index (χ4n) is 9.40. The largest absolute Gasteiger partial charge is 0.307 e. The van der Waals surface area contributed by atoms with E-state index in [-0.39, 0.29) is 0 Å². The smallest absolute Gasteiger partial charge is 0.0448 e. The molecule has 0 bridgehead atoms. The van der Waals surface area contributed by atoms with E-state index < -0.39 is 0 Å². The number of thiophene rings is 2. The Morgan fingerprint density at radius 2 is 0.721 bits per heavy atom. The fourth-order valence-corrected chi connectivity index (χ4v) is 11.9. The van der Waals surface area contributed by atoms with Crippen molar-refractivity contribution in [3.63, 3.8) is 0 Å². The van der Waals surface area contributed by atoms with E-state index in [1.165, 1.54) is 124 Å². The van der Waals surface area contributed by atoms with Crippen LogP contribution in [0.1, 0.15) is 22.7 Å². The number of hydrogen-bond donors (Lipinski definition) is 1. The molecule has 0 aliphatic carbocycles. The van der Waals surface area contributed by atoms with Gasteiger partial charge >= 0.3 is 0 Å². The lowest BCUT2D eigenvalue weighted by molar-refractivity contribution is 1.08. The summed E-state index contributed by atoms with van der Waals surface area (Å²) in [4.78, 5) is 0. The van der Waals surface area contributed by atoms with Gasteiger partial charge in [-0.1, -0.05) is 133 Å². The van der Waals surface area contributed by atoms with E-state index in [4.69, 9.17) is 0 Å². The Balaban J connectivity index is 0.912. The SMILES string of the molecule is Cc1cc(-c2cccc(-c3cc(-c4cccc(-c5cc(C)cc(-c6cccc7c6sc6ccccc67)c5)c4)cc(C4CN4)c3)c2)cc(-c2cccc3c2sc2ccccc23)c1. The molecule has 0 spiro atoms. The average Bonchev–Trinajstić information content (AvgIpc) is 3.99. The first-order chi connectivity index (χ1) is 30.0. The summed E-state index contributed by atoms with van der Waals surface area (Å²) in [7, 11) is 0. The Bertz CT molecular complexity index is 3300. The van der Waals surface area contributed by atoms with Crippen LogP contribution in [0.25, 0.3) is 107 Å². The standard InChI is InChI=1S/C58H41NS2/c1-35-23-41(30-45(25-35)48-17-9-19-52-50-15-3-5-21-55(50)60-57(48)52)37-11-7-13-39(27-37)43-29-44(33-47(32-43)54-34-59-54)40-14-8-12-38(28-40)42-24-36(2)26-46(31-42)49-18-10-20-53-51-16-4-6-22-56(51)61-58(49)53/h3-33,54,59H,34H2,1-2H3. The third-order valence-electron chi connectivity index (χ3n) is 12.4. The van der Waals surface area contributed by atoms with Crippen molar-refractivity contribution in [2.24, 2.45) is 0 Å². The van der Waals surface area contributed by atoms with Gasteiger partial charge in [0.05, 0.1) is 0 Å². The summed E-state index contributed by atoms with van der Waals surface area (Å²) in [6.07, 6.45) is 0. The molecular weight excluding hydrogens is 775 g/mol. The first-order valence-electron chi connectivity index (χ1n) is 21.1. The van der Waals surface area contributed by atoms with Gasteiger partial charge in [0.1, 0.15) is 0 Å². The van der Waals surface area contributed by atoms with E-state index in [1.54, 1.807) is 0 Å². The van der Waals surface area contributed by atoms with E-state index >= 15 is 0 Å². The molecule has 290 valence electrons. The van der Waals surface area contributed by atoms with Crippen LogP contribution in [0, 0.1) is 13.8 Å². The van der Waals surface area contributed by atoms with E-state index in [9.17, 15) is 0 Å². The minimum Gasteiger partial charge on any atom is -0.307 e. The van der Waals surface area contributed by atoms with E-state index in [0.29, 0.717) is 6.04 Å². The van der Waals surface area contributed by atoms with Crippen LogP contribution in [0.15, 0.2) is 188 Å². The molecule has 61 heavy (non-hydrogen) atoms. The number of rotatable bonds is 7. The van der Waals surface area contributed by atoms with Gasteiger partial charge in [0, 0.05) is 52.9 Å². The molecule has 0 radical (unpaired) electrons. The predicted octanol–water partition coefficient (Wildman–Crippen LogP) is 16.7. The van der Waals surface area contributed by atoms with Crippen LogP contribution in [0.5, 0.6) is 0 Å². The second kappa shape index (κ2) is 14.5. The normalized spacial score (nSPS) is 13.8. The molecule has 0 amide bonds. The molecule has 9 aromatic carbocycles. The summed E-state index contributed by atoms with van der Waals surface area (Å²) in [5.74, 6) is 0. The lowest BCUT2D eigenvalue weighted by Gasteiger charge is -2.14. The topological polar surface area (TPSA) is 21.9 Å². The molecule has 11 aromatic rings. The monoisotopic (exact) mass is 815 g/mol. The highest BCUT2D eigenvalue weighted by molar-refractivity contribution is 7.26. The summed E-state index contributed by atoms with van der Waals surface area (Å²) in [5, 5.41) is 8.92. The highest BCUT2D eigenvalue weighted by Crippen LogP contribution is 2.43. The quantitative estimate of drug-likeness (QED) is 0.159. The van der Waals surface area contributed by atoms with Gasteiger partial charge in [-0.25, -0.2) is 0 Å². The second-order valence-electron chi connectivity index (χ2n) is 16.7. The Morgan fingerprint density at radius 3 is 1.18 bits per heavy atom. The molecule has 2 aromatic heterocycles. The average molecular weight is 816 g/mol. The van der Waals surface area contributed by atoms with Crippen molar-refractivity contribution in [3.05, 3.63) is 205 Å². The van der Waals surface area contributed by atoms with E-state index in [2.05, 4.69) is 207 Å². The minimum absolute atomic E-state index is 0.386. The number of benzene rings is 9. The van der Waals surface area contributed by atoms with Gasteiger partial charge < -0.3 is 5.32 Å². The summed E-state index contributed by atoms with van der Waals surface area (Å²) in [5.41, 5.74) is 18.9. The van der Waals surface area contributed by atoms with Crippen LogP contribution in [0.2, 0.25) is 0 Å². The van der Waals surface area contributed by atoms with Gasteiger partial charge in [-0.05, 0) is 152 Å². The molecule has 1 aliphatic rings. The zero-order valence-electron chi connectivity index (χ0n) is 34.0. The minimum atomic E-state index is 0.386. The molecule has 1 atom stereocenters. The van der Waals surface area contributed by atoms with Crippen LogP contribution in [0.4, 0.5) is 0 Å². The lowest BCUT2D eigenvalue weighted by atomic mass is 9.91. The second-order valence-corrected chi connectivity index (χ2v) is 18.8. The zero-order chi connectivity index (χ0) is 40.6. The van der Waals surface area contributed by atoms with Crippen molar-refractivity contribution in [3.8, 4) is 66.8 Å². The maximum Gasteiger partial charge on any atom is 0.0448 e. The van der Waals surface area contributed by atoms with Gasteiger partial charge in [0.25, 0.3) is 0 Å². The third-order valence-corrected chi connectivity index (χ3v) is 14.8. The predicted molar refractivity (Wildman–Crippen MR) is 265 cm³/mol. The van der Waals surface area contributed by atoms with Crippen LogP contribution in [-0.2, 0) is 0 Å². The van der Waals surface area contributed by atoms with E-state index in [0.717, 1.165) is 6.54 Å². The molecular formula is C58H41NS2. The molecule has 1 aliphatic heterocycles. The number of hydrogen-bond acceptors (Lipinski definition) is 3. The first-order valence-corrected chi connectivity index (χ1v) is 22.8. The third kappa shape index (κ3) is 6.58. The maximum absolute atomic E-state index is 3.58. The zero-order valence-corrected chi connectivity index (χ0v) is 35.6. The number of aryl methyl sites for hydroxylation is 2. The molecule has 1 N–H and O–H groups in total. The molecule has 1 fully saturated rings. The molecule has 12 rings (SSSR count). The van der Waals surface area contributed by atoms with Crippen molar-refractivity contribution in [2.45, 2.75) is 19.9 Å². The molecule has 1 unspecified atom stereocenters. The Morgan fingerprint density at radius 1 is 0.361 bits per heavy atom. The summed E-state index contributed by atoms with van der Waals surface area (Å²) < 4.78 is 5.37. The lowest BCUT2D eigenvalue weighted by Crippen LogP contribution is -1.91. The Hall–Kier alpha value is -6.62. The summed E-state index contributed by atoms with van der Waals surface area (Å²) in [6, 6.07) is 70.9. The summed E-state index contributed by atoms with van der Waals surface area (Å²) >= 11 is 3.79. The van der Waals surface area contributed by atoms with Crippen molar-refractivity contribution in [2.75, 3.05) is 6.54 Å². The van der Waals surface area contributed by atoms with Crippen LogP contribution < -0.4 is 5.32 Å². The molecule has 3 heterocycles. The van der Waals surface area contributed by atoms with Crippen molar-refractivity contribution in [1.29, 1.82) is 0 Å². The first kappa shape index (κ1) is 36.2. The van der Waals surface area contributed by atoms with Crippen molar-refractivity contribution in [1.82, 2.24) is 5.32 Å². The van der Waals surface area contributed by atoms with Crippen LogP contribution in [-0.4, -0.2) is 6.54 Å². The van der Waals surface area contributed by atoms with E-state index in [1.807, 2.05) is 22.7 Å². The molecule has 1 nitrogen and oxygen atoms in total. The van der Waals surface area contributed by atoms with Crippen LogP contribution in [0.3, 0.4) is 0 Å². The number of nitrogens with one attached hydrogen (secondary N) is 1. The highest BCUT2D eigenvalue weighted by atomic mass is 32.1. The number of fused-ring (bicyclic) bond motifs is 6. The Kier molecular flexibility index (Phi) is 8.64. The fraction of sp³-hybridized carbons (Fsp3) is 0.0690.